The third kappa shape index (κ3) is 5.55. The van der Waals surface area contributed by atoms with Gasteiger partial charge in [0.05, 0.1) is 18.4 Å². The minimum absolute atomic E-state index is 0.0497. The molecule has 1 amide bonds. The van der Waals surface area contributed by atoms with Gasteiger partial charge in [-0.25, -0.2) is 0 Å². The van der Waals surface area contributed by atoms with Gasteiger partial charge in [0.1, 0.15) is 0 Å². The van der Waals surface area contributed by atoms with Crippen molar-refractivity contribution in [3.63, 3.8) is 0 Å². The first kappa shape index (κ1) is 16.1. The lowest BCUT2D eigenvalue weighted by Gasteiger charge is -2.14. The second kappa shape index (κ2) is 8.24. The SMILES string of the molecule is O=C(CSC1CCCC1)NCC(O)Cn1ccccc1=O. The summed E-state index contributed by atoms with van der Waals surface area (Å²) in [7, 11) is 0. The predicted octanol–water partition coefficient (Wildman–Crippen LogP) is 1.00. The molecular formula is C15H22N2O3S. The van der Waals surface area contributed by atoms with E-state index in [4.69, 9.17) is 0 Å². The van der Waals surface area contributed by atoms with Gasteiger partial charge in [0.25, 0.3) is 5.56 Å². The molecule has 1 unspecified atom stereocenters. The predicted molar refractivity (Wildman–Crippen MR) is 84.4 cm³/mol. The van der Waals surface area contributed by atoms with E-state index in [2.05, 4.69) is 5.32 Å². The molecule has 0 bridgehead atoms. The zero-order valence-corrected chi connectivity index (χ0v) is 12.8. The van der Waals surface area contributed by atoms with Crippen LogP contribution >= 0.6 is 11.8 Å². The standard InChI is InChI=1S/C15H22N2O3S/c18-12(10-17-8-4-3-7-15(17)20)9-16-14(19)11-21-13-5-1-2-6-13/h3-4,7-8,12-13,18H,1-2,5-6,9-11H2,(H,16,19). The summed E-state index contributed by atoms with van der Waals surface area (Å²) in [4.78, 5) is 23.2. The quantitative estimate of drug-likeness (QED) is 0.788. The monoisotopic (exact) mass is 310 g/mol. The van der Waals surface area contributed by atoms with E-state index in [1.165, 1.54) is 36.3 Å². The molecule has 1 aliphatic rings. The van der Waals surface area contributed by atoms with E-state index in [0.29, 0.717) is 11.0 Å². The molecule has 1 aliphatic carbocycles. The summed E-state index contributed by atoms with van der Waals surface area (Å²) < 4.78 is 1.43. The van der Waals surface area contributed by atoms with Crippen molar-refractivity contribution in [2.45, 2.75) is 43.6 Å². The van der Waals surface area contributed by atoms with Crippen molar-refractivity contribution in [1.82, 2.24) is 9.88 Å². The third-order valence-corrected chi connectivity index (χ3v) is 4.97. The lowest BCUT2D eigenvalue weighted by Crippen LogP contribution is -2.37. The molecule has 0 saturated heterocycles. The minimum atomic E-state index is -0.759. The van der Waals surface area contributed by atoms with E-state index in [9.17, 15) is 14.7 Å². The topological polar surface area (TPSA) is 71.3 Å². The lowest BCUT2D eigenvalue weighted by molar-refractivity contribution is -0.119. The summed E-state index contributed by atoms with van der Waals surface area (Å²) in [6.45, 7) is 0.362. The first-order valence-electron chi connectivity index (χ1n) is 7.37. The molecule has 1 atom stereocenters. The number of hydrogen-bond acceptors (Lipinski definition) is 4. The van der Waals surface area contributed by atoms with Gasteiger partial charge in [0.15, 0.2) is 0 Å². The number of carbonyl (C=O) groups is 1. The Morgan fingerprint density at radius 3 is 2.90 bits per heavy atom. The Morgan fingerprint density at radius 2 is 2.19 bits per heavy atom. The van der Waals surface area contributed by atoms with Gasteiger partial charge in [0.2, 0.25) is 5.91 Å². The van der Waals surface area contributed by atoms with Crippen LogP contribution in [-0.4, -0.2) is 39.2 Å². The molecule has 116 valence electrons. The molecule has 0 spiro atoms. The molecule has 0 aliphatic heterocycles. The van der Waals surface area contributed by atoms with Crippen LogP contribution in [0, 0.1) is 0 Å². The number of hydrogen-bond donors (Lipinski definition) is 2. The number of pyridine rings is 1. The van der Waals surface area contributed by atoms with Crippen LogP contribution in [0.3, 0.4) is 0 Å². The maximum Gasteiger partial charge on any atom is 0.250 e. The van der Waals surface area contributed by atoms with Crippen molar-refractivity contribution in [1.29, 1.82) is 0 Å². The number of aliphatic hydroxyl groups excluding tert-OH is 1. The van der Waals surface area contributed by atoms with Gasteiger partial charge in [-0.2, -0.15) is 0 Å². The van der Waals surface area contributed by atoms with Gasteiger partial charge < -0.3 is 15.0 Å². The van der Waals surface area contributed by atoms with Gasteiger partial charge in [-0.15, -0.1) is 11.8 Å². The summed E-state index contributed by atoms with van der Waals surface area (Å²) >= 11 is 1.70. The van der Waals surface area contributed by atoms with Gasteiger partial charge in [-0.1, -0.05) is 18.9 Å². The second-order valence-electron chi connectivity index (χ2n) is 5.37. The molecule has 2 N–H and O–H groups in total. The molecule has 1 fully saturated rings. The zero-order valence-electron chi connectivity index (χ0n) is 12.0. The number of aromatic nitrogens is 1. The summed E-state index contributed by atoms with van der Waals surface area (Å²) in [5.74, 6) is 0.397. The van der Waals surface area contributed by atoms with Crippen LogP contribution in [-0.2, 0) is 11.3 Å². The molecule has 1 aromatic heterocycles. The average Bonchev–Trinajstić information content (AvgIpc) is 2.99. The van der Waals surface area contributed by atoms with Gasteiger partial charge in [-0.05, 0) is 18.9 Å². The molecule has 1 aromatic rings. The zero-order chi connectivity index (χ0) is 15.1. The van der Waals surface area contributed by atoms with E-state index in [-0.39, 0.29) is 24.6 Å². The molecule has 1 heterocycles. The Kier molecular flexibility index (Phi) is 6.32. The van der Waals surface area contributed by atoms with Gasteiger partial charge in [0, 0.05) is 24.1 Å². The number of carbonyl (C=O) groups excluding carboxylic acids is 1. The van der Waals surface area contributed by atoms with Crippen molar-refractivity contribution < 1.29 is 9.90 Å². The van der Waals surface area contributed by atoms with Gasteiger partial charge >= 0.3 is 0 Å². The third-order valence-electron chi connectivity index (χ3n) is 3.59. The van der Waals surface area contributed by atoms with E-state index in [1.807, 2.05) is 0 Å². The number of amides is 1. The van der Waals surface area contributed by atoms with E-state index >= 15 is 0 Å². The summed E-state index contributed by atoms with van der Waals surface area (Å²) in [5, 5.41) is 13.2. The van der Waals surface area contributed by atoms with Crippen LogP contribution in [0.2, 0.25) is 0 Å². The first-order valence-corrected chi connectivity index (χ1v) is 8.42. The van der Waals surface area contributed by atoms with Crippen LogP contribution in [0.1, 0.15) is 25.7 Å². The van der Waals surface area contributed by atoms with Crippen molar-refractivity contribution in [3.8, 4) is 0 Å². The smallest absolute Gasteiger partial charge is 0.250 e. The maximum absolute atomic E-state index is 11.7. The molecule has 21 heavy (non-hydrogen) atoms. The van der Waals surface area contributed by atoms with E-state index in [0.717, 1.165) is 0 Å². The van der Waals surface area contributed by atoms with Crippen LogP contribution in [0.5, 0.6) is 0 Å². The first-order chi connectivity index (χ1) is 10.1. The fourth-order valence-electron chi connectivity index (χ4n) is 2.43. The Labute approximate surface area is 128 Å². The Hall–Kier alpha value is -1.27. The van der Waals surface area contributed by atoms with Crippen LogP contribution in [0.15, 0.2) is 29.2 Å². The highest BCUT2D eigenvalue weighted by Gasteiger charge is 2.17. The normalized spacial score (nSPS) is 16.8. The van der Waals surface area contributed by atoms with Crippen LogP contribution in [0.4, 0.5) is 0 Å². The highest BCUT2D eigenvalue weighted by Crippen LogP contribution is 2.28. The highest BCUT2D eigenvalue weighted by molar-refractivity contribution is 8.00. The second-order valence-corrected chi connectivity index (χ2v) is 6.66. The lowest BCUT2D eigenvalue weighted by atomic mass is 10.3. The minimum Gasteiger partial charge on any atom is -0.389 e. The molecular weight excluding hydrogens is 288 g/mol. The Morgan fingerprint density at radius 1 is 1.43 bits per heavy atom. The number of aliphatic hydroxyl groups is 1. The molecule has 0 radical (unpaired) electrons. The summed E-state index contributed by atoms with van der Waals surface area (Å²) in [5.41, 5.74) is -0.153. The summed E-state index contributed by atoms with van der Waals surface area (Å²) in [6, 6.07) is 4.85. The van der Waals surface area contributed by atoms with Crippen LogP contribution < -0.4 is 10.9 Å². The molecule has 0 aromatic carbocycles. The van der Waals surface area contributed by atoms with E-state index in [1.54, 1.807) is 30.1 Å². The number of thioether (sulfide) groups is 1. The fraction of sp³-hybridized carbons (Fsp3) is 0.600. The van der Waals surface area contributed by atoms with E-state index < -0.39 is 6.10 Å². The van der Waals surface area contributed by atoms with Crippen molar-refractivity contribution in [2.24, 2.45) is 0 Å². The fourth-order valence-corrected chi connectivity index (χ4v) is 3.59. The van der Waals surface area contributed by atoms with Gasteiger partial charge in [-0.3, -0.25) is 9.59 Å². The number of rotatable bonds is 7. The number of nitrogens with zero attached hydrogens (tertiary/aromatic N) is 1. The van der Waals surface area contributed by atoms with Crippen molar-refractivity contribution >= 4 is 17.7 Å². The molecule has 1 saturated carbocycles. The Bertz CT molecular complexity index is 512. The Balaban J connectivity index is 1.66. The molecule has 6 heteroatoms. The average molecular weight is 310 g/mol. The highest BCUT2D eigenvalue weighted by atomic mass is 32.2. The molecule has 5 nitrogen and oxygen atoms in total. The molecule has 2 rings (SSSR count). The largest absolute Gasteiger partial charge is 0.389 e. The maximum atomic E-state index is 11.7. The summed E-state index contributed by atoms with van der Waals surface area (Å²) in [6.07, 6.45) is 5.82. The number of nitrogens with one attached hydrogen (secondary N) is 1. The van der Waals surface area contributed by atoms with Crippen molar-refractivity contribution in [3.05, 3.63) is 34.7 Å². The van der Waals surface area contributed by atoms with Crippen molar-refractivity contribution in [2.75, 3.05) is 12.3 Å². The van der Waals surface area contributed by atoms with Crippen LogP contribution in [0.25, 0.3) is 0 Å².